The van der Waals surface area contributed by atoms with E-state index in [0.29, 0.717) is 52.1 Å². The summed E-state index contributed by atoms with van der Waals surface area (Å²) in [5.74, 6) is -0.135. The molecule has 0 aromatic heterocycles. The quantitative estimate of drug-likeness (QED) is 0.613. The molecule has 3 rings (SSSR count). The van der Waals surface area contributed by atoms with Crippen LogP contribution in [0.4, 0.5) is 0 Å². The molecule has 2 heterocycles. The second kappa shape index (κ2) is 9.71. The van der Waals surface area contributed by atoms with E-state index in [-0.39, 0.29) is 12.5 Å². The Kier molecular flexibility index (Phi) is 7.51. The molecule has 29 heavy (non-hydrogen) atoms. The maximum Gasteiger partial charge on any atom is 0.282 e. The molecule has 1 aliphatic carbocycles. The van der Waals surface area contributed by atoms with Gasteiger partial charge in [-0.3, -0.25) is 9.69 Å². The summed E-state index contributed by atoms with van der Waals surface area (Å²) in [5.41, 5.74) is -0.736. The molecular weight excluding hydrogens is 392 g/mol. The summed E-state index contributed by atoms with van der Waals surface area (Å²) in [7, 11) is -1.43. The van der Waals surface area contributed by atoms with Gasteiger partial charge in [-0.2, -0.15) is 22.3 Å². The van der Waals surface area contributed by atoms with Crippen molar-refractivity contribution in [3.63, 3.8) is 0 Å². The van der Waals surface area contributed by atoms with Crippen molar-refractivity contribution in [2.75, 3.05) is 66.0 Å². The van der Waals surface area contributed by atoms with Crippen molar-refractivity contribution in [2.24, 2.45) is 0 Å². The summed E-state index contributed by atoms with van der Waals surface area (Å²) in [4.78, 5) is 16.7. The molecule has 0 radical (unpaired) electrons. The van der Waals surface area contributed by atoms with Crippen LogP contribution in [0.1, 0.15) is 38.5 Å². The second-order valence-electron chi connectivity index (χ2n) is 8.54. The Bertz CT molecular complexity index is 698. The number of rotatable bonds is 5. The van der Waals surface area contributed by atoms with E-state index in [1.165, 1.54) is 4.31 Å². The largest absolute Gasteiger partial charge is 0.337 e. The van der Waals surface area contributed by atoms with Crippen LogP contribution in [-0.4, -0.2) is 104 Å². The molecule has 0 aromatic rings. The lowest BCUT2D eigenvalue weighted by Crippen LogP contribution is -2.58. The maximum absolute atomic E-state index is 12.9. The van der Waals surface area contributed by atoms with Crippen LogP contribution in [0.3, 0.4) is 0 Å². The Balaban J connectivity index is 1.48. The summed E-state index contributed by atoms with van der Waals surface area (Å²) in [6.07, 6.45) is 5.60. The van der Waals surface area contributed by atoms with Gasteiger partial charge in [0.25, 0.3) is 10.2 Å². The predicted molar refractivity (Wildman–Crippen MR) is 110 cm³/mol. The van der Waals surface area contributed by atoms with Crippen LogP contribution in [0.15, 0.2) is 0 Å². The van der Waals surface area contributed by atoms with Gasteiger partial charge in [-0.25, -0.2) is 0 Å². The Morgan fingerprint density at radius 3 is 1.97 bits per heavy atom. The van der Waals surface area contributed by atoms with Gasteiger partial charge in [0.05, 0.1) is 12.6 Å². The lowest BCUT2D eigenvalue weighted by molar-refractivity contribution is -0.124. The molecule has 3 fully saturated rings. The fraction of sp³-hybridized carbons (Fsp3) is 0.895. The lowest BCUT2D eigenvalue weighted by Gasteiger charge is -2.39. The number of hydrogen-bond donors (Lipinski definition) is 1. The third-order valence-electron chi connectivity index (χ3n) is 6.36. The molecule has 164 valence electrons. The first-order chi connectivity index (χ1) is 13.8. The van der Waals surface area contributed by atoms with Crippen LogP contribution in [0.2, 0.25) is 0 Å². The third-order valence-corrected chi connectivity index (χ3v) is 8.40. The molecule has 0 unspecified atom stereocenters. The van der Waals surface area contributed by atoms with Gasteiger partial charge in [-0.05, 0) is 19.9 Å². The van der Waals surface area contributed by atoms with Gasteiger partial charge in [-0.1, -0.05) is 25.7 Å². The zero-order valence-corrected chi connectivity index (χ0v) is 18.3. The molecule has 9 nitrogen and oxygen atoms in total. The minimum absolute atomic E-state index is 0.135. The molecule has 0 bridgehead atoms. The number of nitrogens with zero attached hydrogens (tertiary/aromatic N) is 5. The molecule has 0 spiro atoms. The van der Waals surface area contributed by atoms with Crippen LogP contribution in [0.5, 0.6) is 0 Å². The first-order valence-corrected chi connectivity index (χ1v) is 12.1. The Morgan fingerprint density at radius 1 is 0.931 bits per heavy atom. The van der Waals surface area contributed by atoms with Gasteiger partial charge in [0.2, 0.25) is 5.91 Å². The Labute approximate surface area is 174 Å². The van der Waals surface area contributed by atoms with Gasteiger partial charge in [-0.15, -0.1) is 0 Å². The summed E-state index contributed by atoms with van der Waals surface area (Å²) < 4.78 is 28.8. The fourth-order valence-corrected chi connectivity index (χ4v) is 5.98. The van der Waals surface area contributed by atoms with Gasteiger partial charge in [0.1, 0.15) is 5.54 Å². The molecule has 1 amide bonds. The Hall–Kier alpha value is -1.25. The molecule has 3 aliphatic rings. The number of carbonyl (C=O) groups excluding carboxylic acids is 1. The molecule has 0 atom stereocenters. The highest BCUT2D eigenvalue weighted by molar-refractivity contribution is 7.86. The molecule has 0 aromatic carbocycles. The van der Waals surface area contributed by atoms with E-state index in [0.717, 1.165) is 38.8 Å². The first-order valence-electron chi connectivity index (χ1n) is 10.7. The number of piperazine rings is 2. The molecule has 2 aliphatic heterocycles. The van der Waals surface area contributed by atoms with Crippen LogP contribution in [0, 0.1) is 11.3 Å². The molecule has 1 N–H and O–H groups in total. The number of amides is 1. The molecule has 2 saturated heterocycles. The van der Waals surface area contributed by atoms with E-state index < -0.39 is 15.7 Å². The van der Waals surface area contributed by atoms with Crippen molar-refractivity contribution >= 4 is 16.1 Å². The Morgan fingerprint density at radius 2 is 1.45 bits per heavy atom. The van der Waals surface area contributed by atoms with E-state index >= 15 is 0 Å². The molecule has 1 saturated carbocycles. The first kappa shape index (κ1) is 22.4. The molecular formula is C19H34N6O3S. The average Bonchev–Trinajstić information content (AvgIpc) is 2.94. The number of hydrogen-bond acceptors (Lipinski definition) is 6. The van der Waals surface area contributed by atoms with Crippen LogP contribution in [-0.2, 0) is 15.0 Å². The van der Waals surface area contributed by atoms with E-state index in [9.17, 15) is 18.5 Å². The van der Waals surface area contributed by atoms with Crippen molar-refractivity contribution in [2.45, 2.75) is 44.1 Å². The minimum Gasteiger partial charge on any atom is -0.337 e. The second-order valence-corrected chi connectivity index (χ2v) is 10.5. The zero-order valence-electron chi connectivity index (χ0n) is 17.5. The van der Waals surface area contributed by atoms with Crippen LogP contribution < -0.4 is 5.32 Å². The van der Waals surface area contributed by atoms with E-state index in [2.05, 4.69) is 16.3 Å². The van der Waals surface area contributed by atoms with E-state index in [1.807, 2.05) is 11.9 Å². The topological polar surface area (TPSA) is 100.0 Å². The van der Waals surface area contributed by atoms with Crippen molar-refractivity contribution in [1.82, 2.24) is 23.7 Å². The highest BCUT2D eigenvalue weighted by Gasteiger charge is 2.36. The van der Waals surface area contributed by atoms with Gasteiger partial charge >= 0.3 is 0 Å². The summed E-state index contributed by atoms with van der Waals surface area (Å²) in [6.45, 7) is 4.61. The van der Waals surface area contributed by atoms with E-state index in [4.69, 9.17) is 0 Å². The van der Waals surface area contributed by atoms with Gasteiger partial charge in [0, 0.05) is 52.4 Å². The average molecular weight is 427 g/mol. The van der Waals surface area contributed by atoms with Gasteiger partial charge in [0.15, 0.2) is 0 Å². The van der Waals surface area contributed by atoms with Crippen molar-refractivity contribution in [3.8, 4) is 6.07 Å². The monoisotopic (exact) mass is 426 g/mol. The van der Waals surface area contributed by atoms with Crippen molar-refractivity contribution in [3.05, 3.63) is 0 Å². The predicted octanol–water partition coefficient (Wildman–Crippen LogP) is -0.171. The van der Waals surface area contributed by atoms with Gasteiger partial charge < -0.3 is 10.2 Å². The highest BCUT2D eigenvalue weighted by Crippen LogP contribution is 2.26. The lowest BCUT2D eigenvalue weighted by atomic mass is 9.92. The molecule has 10 heteroatoms. The number of likely N-dealkylation sites (N-methyl/N-ethyl adjacent to an activating group) is 1. The summed E-state index contributed by atoms with van der Waals surface area (Å²) in [6, 6.07) is 2.35. The highest BCUT2D eigenvalue weighted by atomic mass is 32.2. The number of nitrogens with one attached hydrogen (secondary N) is 1. The minimum atomic E-state index is -3.43. The summed E-state index contributed by atoms with van der Waals surface area (Å²) >= 11 is 0. The SMILES string of the molecule is CN1CCN(S(=O)(=O)N2CCN(CC(=O)NC3(C#N)CCCCCC3)CC2)CC1. The van der Waals surface area contributed by atoms with Crippen LogP contribution in [0.25, 0.3) is 0 Å². The van der Waals surface area contributed by atoms with Crippen molar-refractivity contribution in [1.29, 1.82) is 5.26 Å². The smallest absolute Gasteiger partial charge is 0.282 e. The van der Waals surface area contributed by atoms with E-state index in [1.54, 1.807) is 4.31 Å². The van der Waals surface area contributed by atoms with Crippen molar-refractivity contribution < 1.29 is 13.2 Å². The fourth-order valence-electron chi connectivity index (χ4n) is 4.41. The maximum atomic E-state index is 12.9. The standard InChI is InChI=1S/C19H34N6O3S/c1-22-8-12-24(13-9-22)29(27,28)25-14-10-23(11-15-25)16-18(26)21-19(17-20)6-4-2-3-5-7-19/h2-16H2,1H3,(H,21,26). The van der Waals surface area contributed by atoms with Crippen LogP contribution >= 0.6 is 0 Å². The normalized spacial score (nSPS) is 25.8. The zero-order chi connectivity index (χ0) is 20.9. The summed E-state index contributed by atoms with van der Waals surface area (Å²) in [5, 5.41) is 12.6. The number of nitriles is 1. The number of carbonyl (C=O) groups is 1. The third kappa shape index (κ3) is 5.67.